The molecule has 9 nitrogen and oxygen atoms in total. The van der Waals surface area contributed by atoms with Crippen LogP contribution in [-0.4, -0.2) is 51.3 Å². The number of carbonyl (C=O) groups is 2. The van der Waals surface area contributed by atoms with Gasteiger partial charge in [-0.25, -0.2) is 14.4 Å². The summed E-state index contributed by atoms with van der Waals surface area (Å²) in [5.74, 6) is -4.10. The predicted molar refractivity (Wildman–Crippen MR) is 168 cm³/mol. The lowest BCUT2D eigenvalue weighted by Crippen LogP contribution is -2.49. The number of aromatic hydroxyl groups is 1. The molecule has 1 unspecified atom stereocenters. The molecule has 1 aromatic carbocycles. The number of rotatable bonds is 9. The highest BCUT2D eigenvalue weighted by molar-refractivity contribution is 6.07. The summed E-state index contributed by atoms with van der Waals surface area (Å²) in [6.45, 7) is 10.8. The van der Waals surface area contributed by atoms with Crippen LogP contribution in [0.4, 0.5) is 33.3 Å². The summed E-state index contributed by atoms with van der Waals surface area (Å²) in [5.41, 5.74) is 12.8. The fourth-order valence-electron chi connectivity index (χ4n) is 5.19. The molecule has 2 heterocycles. The van der Waals surface area contributed by atoms with E-state index in [0.29, 0.717) is 41.8 Å². The fraction of sp³-hybridized carbons (Fsp3) is 0.455. The first-order valence-electron chi connectivity index (χ1n) is 15.3. The average molecular weight is 666 g/mol. The number of nitrogens with two attached hydrogens (primary N) is 2. The van der Waals surface area contributed by atoms with E-state index in [1.165, 1.54) is 23.1 Å². The molecule has 2 fully saturated rings. The van der Waals surface area contributed by atoms with E-state index in [4.69, 9.17) is 11.5 Å². The highest BCUT2D eigenvalue weighted by Gasteiger charge is 2.38. The number of nitrogens with zero attached hydrogens (tertiary/aromatic N) is 3. The van der Waals surface area contributed by atoms with Crippen molar-refractivity contribution in [3.8, 4) is 11.6 Å². The summed E-state index contributed by atoms with van der Waals surface area (Å²) in [6.07, 6.45) is 0.220. The molecule has 1 aliphatic heterocycles. The maximum Gasteiger partial charge on any atom is 0.574 e. The smallest absolute Gasteiger partial charge is 0.506 e. The zero-order chi connectivity index (χ0) is 35.2. The van der Waals surface area contributed by atoms with Crippen LogP contribution in [0.3, 0.4) is 0 Å². The number of ketones is 1. The van der Waals surface area contributed by atoms with Gasteiger partial charge in [0.2, 0.25) is 5.82 Å². The number of carbonyl (C=O) groups excluding carboxylic acids is 2. The Kier molecular flexibility index (Phi) is 12.1. The minimum atomic E-state index is -5.20. The molecule has 1 aromatic heterocycles. The number of hydrogen-bond donors (Lipinski definition) is 3. The van der Waals surface area contributed by atoms with E-state index in [1.54, 1.807) is 6.92 Å². The largest absolute Gasteiger partial charge is 0.574 e. The van der Waals surface area contributed by atoms with Crippen molar-refractivity contribution in [3.63, 3.8) is 0 Å². The van der Waals surface area contributed by atoms with Crippen LogP contribution in [0.2, 0.25) is 0 Å². The van der Waals surface area contributed by atoms with Gasteiger partial charge in [0.15, 0.2) is 5.78 Å². The van der Waals surface area contributed by atoms with Crippen molar-refractivity contribution in [2.75, 3.05) is 12.3 Å². The van der Waals surface area contributed by atoms with Crippen molar-refractivity contribution in [3.05, 3.63) is 65.0 Å². The number of alkyl halides is 3. The molecule has 4 rings (SSSR count). The Morgan fingerprint density at radius 3 is 2.40 bits per heavy atom. The van der Waals surface area contributed by atoms with Crippen LogP contribution in [-0.2, 0) is 4.79 Å². The summed E-state index contributed by atoms with van der Waals surface area (Å²) >= 11 is 0. The number of hydrogen-bond acceptors (Lipinski definition) is 8. The Morgan fingerprint density at radius 2 is 1.89 bits per heavy atom. The van der Waals surface area contributed by atoms with Gasteiger partial charge in [0.05, 0.1) is 17.3 Å². The molecule has 47 heavy (non-hydrogen) atoms. The van der Waals surface area contributed by atoms with E-state index in [0.717, 1.165) is 19.0 Å². The second-order valence-electron chi connectivity index (χ2n) is 11.6. The van der Waals surface area contributed by atoms with Gasteiger partial charge in [0.25, 0.3) is 11.8 Å². The van der Waals surface area contributed by atoms with E-state index < -0.39 is 47.1 Å². The molecule has 256 valence electrons. The third-order valence-corrected chi connectivity index (χ3v) is 7.73. The molecule has 0 spiro atoms. The maximum absolute atomic E-state index is 14.8. The lowest BCUT2D eigenvalue weighted by molar-refractivity contribution is -0.277. The van der Waals surface area contributed by atoms with Gasteiger partial charge in [0, 0.05) is 48.1 Å². The minimum absolute atomic E-state index is 0.0316. The number of amides is 1. The van der Waals surface area contributed by atoms with E-state index in [-0.39, 0.29) is 42.0 Å². The molecule has 1 atom stereocenters. The second kappa shape index (κ2) is 15.4. The van der Waals surface area contributed by atoms with Gasteiger partial charge in [-0.05, 0) is 49.3 Å². The van der Waals surface area contributed by atoms with Crippen LogP contribution in [0.15, 0.2) is 47.2 Å². The topological polar surface area (TPSA) is 144 Å². The van der Waals surface area contributed by atoms with E-state index in [2.05, 4.69) is 21.3 Å². The zero-order valence-electron chi connectivity index (χ0n) is 26.8. The van der Waals surface area contributed by atoms with Crippen molar-refractivity contribution in [2.45, 2.75) is 84.5 Å². The van der Waals surface area contributed by atoms with Crippen LogP contribution in [0.5, 0.6) is 11.6 Å². The lowest BCUT2D eigenvalue weighted by Gasteiger charge is -2.39. The molecule has 2 aromatic rings. The second-order valence-corrected chi connectivity index (χ2v) is 11.6. The first-order valence-corrected chi connectivity index (χ1v) is 15.3. The summed E-state index contributed by atoms with van der Waals surface area (Å²) in [4.78, 5) is 33.2. The van der Waals surface area contributed by atoms with Crippen LogP contribution >= 0.6 is 0 Å². The van der Waals surface area contributed by atoms with Crippen LogP contribution in [0, 0.1) is 17.6 Å². The van der Waals surface area contributed by atoms with Crippen molar-refractivity contribution in [1.29, 1.82) is 0 Å². The third kappa shape index (κ3) is 9.07. The lowest BCUT2D eigenvalue weighted by atomic mass is 9.88. The Bertz CT molecular complexity index is 1570. The minimum Gasteiger partial charge on any atom is -0.506 e. The molecule has 14 heteroatoms. The molecular weight excluding hydrogens is 625 g/mol. The number of ether oxygens (including phenoxy) is 1. The number of halogens is 5. The van der Waals surface area contributed by atoms with E-state index in [1.807, 2.05) is 20.8 Å². The van der Waals surface area contributed by atoms with Gasteiger partial charge >= 0.3 is 6.36 Å². The number of pyridine rings is 1. The molecule has 5 N–H and O–H groups in total. The number of phenols is 1. The van der Waals surface area contributed by atoms with Crippen molar-refractivity contribution >= 4 is 28.8 Å². The monoisotopic (exact) mass is 665 g/mol. The molecule has 1 saturated carbocycles. The number of allylic oxidation sites excluding steroid dienone is 2. The Morgan fingerprint density at radius 1 is 1.23 bits per heavy atom. The first-order chi connectivity index (χ1) is 22.0. The molecular formula is C33H40F5N5O4. The van der Waals surface area contributed by atoms with Gasteiger partial charge in [-0.3, -0.25) is 9.59 Å². The van der Waals surface area contributed by atoms with Gasteiger partial charge in [-0.15, -0.1) is 13.2 Å². The molecule has 0 bridgehead atoms. The Balaban J connectivity index is 0.000000771. The number of nitrogen functional groups attached to an aromatic ring is 1. The molecule has 1 aliphatic carbocycles. The zero-order valence-corrected chi connectivity index (χ0v) is 26.8. The van der Waals surface area contributed by atoms with Crippen LogP contribution in [0.25, 0.3) is 0 Å². The number of phenolic OH excluding ortho intramolecular Hbond substituents is 1. The van der Waals surface area contributed by atoms with E-state index >= 15 is 0 Å². The first kappa shape index (κ1) is 37.0. The third-order valence-electron chi connectivity index (χ3n) is 7.73. The number of piperidine rings is 1. The Labute approximate surface area is 270 Å². The number of aromatic nitrogens is 1. The summed E-state index contributed by atoms with van der Waals surface area (Å²) < 4.78 is 70.6. The average Bonchev–Trinajstić information content (AvgIpc) is 3.85. The fourth-order valence-corrected chi connectivity index (χ4v) is 5.19. The number of likely N-dealkylation sites (tertiary alicyclic amines) is 1. The van der Waals surface area contributed by atoms with Gasteiger partial charge < -0.3 is 26.2 Å². The van der Waals surface area contributed by atoms with Crippen LogP contribution < -0.4 is 16.2 Å². The van der Waals surface area contributed by atoms with Crippen molar-refractivity contribution in [2.24, 2.45) is 16.6 Å². The molecule has 1 amide bonds. The van der Waals surface area contributed by atoms with Gasteiger partial charge in [0.1, 0.15) is 17.3 Å². The normalized spacial score (nSPS) is 18.5. The molecule has 0 radical (unpaired) electrons. The predicted octanol–water partition coefficient (Wildman–Crippen LogP) is 7.23. The number of anilines is 1. The Hall–Kier alpha value is -4.49. The maximum atomic E-state index is 14.8. The van der Waals surface area contributed by atoms with E-state index in [9.17, 15) is 36.6 Å². The van der Waals surface area contributed by atoms with Crippen LogP contribution in [0.1, 0.15) is 88.1 Å². The molecule has 1 saturated heterocycles. The number of aliphatic imine (C=N–C) groups is 1. The van der Waals surface area contributed by atoms with Gasteiger partial charge in [-0.2, -0.15) is 4.39 Å². The summed E-state index contributed by atoms with van der Waals surface area (Å²) in [5, 5.41) is 10.6. The quantitative estimate of drug-likeness (QED) is 0.189. The highest BCUT2D eigenvalue weighted by atomic mass is 19.4. The molecule has 2 aliphatic rings. The number of benzene rings is 1. The summed E-state index contributed by atoms with van der Waals surface area (Å²) in [6, 6.07) is 1.90. The van der Waals surface area contributed by atoms with Crippen molar-refractivity contribution in [1.82, 2.24) is 9.88 Å². The van der Waals surface area contributed by atoms with Gasteiger partial charge in [-0.1, -0.05) is 40.7 Å². The summed E-state index contributed by atoms with van der Waals surface area (Å²) in [7, 11) is 0. The highest BCUT2D eigenvalue weighted by Crippen LogP contribution is 2.44. The van der Waals surface area contributed by atoms with Crippen molar-refractivity contribution < 1.29 is 41.4 Å². The standard InChI is InChI=1S/C27H30F5N5O3.C6H10O/c1-3-5-17(33)22-18(36-19-11-16(28)14(10-21(19)38)13-6-7-13)8-9-37(20(22)4-2)26(39)15-12-35-25(23(29)24(15)34)40-27(30,31)32;1-4-6(7)5(2)3/h10-13,20,38H,3-9,33H2,1-2H3,(H2,34,35);4-5H,1H2,2-3H3/b22-17+,36-18?;. The SMILES string of the molecule is C=CC(=O)C(C)C.CCC/C(N)=C1/C(=Nc2cc(F)c(C3CC3)cc2O)CCN(C(=O)c2cnc(OC(F)(F)F)c(F)c2N)C1CC.